The molecule has 21 heavy (non-hydrogen) atoms. The SMILES string of the molecule is CNc1cc(-c2cnn(C)c2)nc(-c2ccc(O)cc2)n1. The van der Waals surface area contributed by atoms with Crippen LogP contribution in [0.25, 0.3) is 22.6 Å². The van der Waals surface area contributed by atoms with Gasteiger partial charge in [0, 0.05) is 37.5 Å². The zero-order valence-corrected chi connectivity index (χ0v) is 11.8. The number of hydrogen-bond donors (Lipinski definition) is 2. The maximum Gasteiger partial charge on any atom is 0.162 e. The molecule has 0 radical (unpaired) electrons. The number of anilines is 1. The number of phenolic OH excluding ortho intramolecular Hbond substituents is 1. The second-order valence-corrected chi connectivity index (χ2v) is 4.66. The van der Waals surface area contributed by atoms with Crippen molar-refractivity contribution in [2.24, 2.45) is 7.05 Å². The van der Waals surface area contributed by atoms with Crippen molar-refractivity contribution in [1.29, 1.82) is 0 Å². The Morgan fingerprint density at radius 2 is 1.86 bits per heavy atom. The molecule has 0 aliphatic heterocycles. The maximum atomic E-state index is 9.38. The second kappa shape index (κ2) is 5.24. The molecule has 106 valence electrons. The lowest BCUT2D eigenvalue weighted by Gasteiger charge is -2.07. The van der Waals surface area contributed by atoms with E-state index in [1.54, 1.807) is 35.1 Å². The molecule has 3 aromatic rings. The first-order valence-corrected chi connectivity index (χ1v) is 6.51. The summed E-state index contributed by atoms with van der Waals surface area (Å²) in [4.78, 5) is 9.03. The van der Waals surface area contributed by atoms with Crippen LogP contribution >= 0.6 is 0 Å². The molecule has 0 spiro atoms. The number of nitrogens with zero attached hydrogens (tertiary/aromatic N) is 4. The Bertz CT molecular complexity index is 764. The van der Waals surface area contributed by atoms with Gasteiger partial charge in [0.1, 0.15) is 11.6 Å². The summed E-state index contributed by atoms with van der Waals surface area (Å²) in [5, 5.41) is 16.6. The van der Waals surface area contributed by atoms with Crippen LogP contribution in [0, 0.1) is 0 Å². The van der Waals surface area contributed by atoms with E-state index < -0.39 is 0 Å². The minimum absolute atomic E-state index is 0.219. The van der Waals surface area contributed by atoms with Crippen molar-refractivity contribution in [2.45, 2.75) is 0 Å². The summed E-state index contributed by atoms with van der Waals surface area (Å²) in [5.41, 5.74) is 2.57. The summed E-state index contributed by atoms with van der Waals surface area (Å²) in [5.74, 6) is 1.55. The van der Waals surface area contributed by atoms with Crippen LogP contribution in [-0.2, 0) is 7.05 Å². The molecule has 6 nitrogen and oxygen atoms in total. The van der Waals surface area contributed by atoms with Crippen molar-refractivity contribution in [2.75, 3.05) is 12.4 Å². The molecular weight excluding hydrogens is 266 g/mol. The van der Waals surface area contributed by atoms with Gasteiger partial charge in [-0.15, -0.1) is 0 Å². The van der Waals surface area contributed by atoms with Crippen molar-refractivity contribution in [3.05, 3.63) is 42.7 Å². The van der Waals surface area contributed by atoms with E-state index in [4.69, 9.17) is 0 Å². The Balaban J connectivity index is 2.10. The molecule has 2 aromatic heterocycles. The predicted molar refractivity (Wildman–Crippen MR) is 80.9 cm³/mol. The van der Waals surface area contributed by atoms with E-state index in [1.165, 1.54) is 0 Å². The quantitative estimate of drug-likeness (QED) is 0.770. The Morgan fingerprint density at radius 1 is 1.10 bits per heavy atom. The van der Waals surface area contributed by atoms with E-state index in [0.717, 1.165) is 22.6 Å². The van der Waals surface area contributed by atoms with Crippen LogP contribution in [0.2, 0.25) is 0 Å². The van der Waals surface area contributed by atoms with Gasteiger partial charge < -0.3 is 10.4 Å². The van der Waals surface area contributed by atoms with Gasteiger partial charge in [0.25, 0.3) is 0 Å². The number of phenols is 1. The second-order valence-electron chi connectivity index (χ2n) is 4.66. The fourth-order valence-electron chi connectivity index (χ4n) is 2.02. The molecule has 0 fully saturated rings. The largest absolute Gasteiger partial charge is 0.508 e. The Morgan fingerprint density at radius 3 is 2.48 bits per heavy atom. The van der Waals surface area contributed by atoms with Crippen molar-refractivity contribution < 1.29 is 5.11 Å². The van der Waals surface area contributed by atoms with Gasteiger partial charge in [-0.2, -0.15) is 5.10 Å². The molecule has 3 rings (SSSR count). The van der Waals surface area contributed by atoms with Crippen molar-refractivity contribution >= 4 is 5.82 Å². The summed E-state index contributed by atoms with van der Waals surface area (Å²) in [6.07, 6.45) is 3.67. The van der Waals surface area contributed by atoms with Gasteiger partial charge in [0.2, 0.25) is 0 Å². The Hall–Kier alpha value is -2.89. The number of aromatic nitrogens is 4. The third kappa shape index (κ3) is 2.69. The normalized spacial score (nSPS) is 10.6. The number of aryl methyl sites for hydroxylation is 1. The van der Waals surface area contributed by atoms with E-state index >= 15 is 0 Å². The molecule has 2 heterocycles. The average molecular weight is 281 g/mol. The van der Waals surface area contributed by atoms with Crippen LogP contribution in [0.3, 0.4) is 0 Å². The number of rotatable bonds is 3. The summed E-state index contributed by atoms with van der Waals surface area (Å²) >= 11 is 0. The van der Waals surface area contributed by atoms with Crippen LogP contribution in [0.5, 0.6) is 5.75 Å². The highest BCUT2D eigenvalue weighted by Gasteiger charge is 2.09. The highest BCUT2D eigenvalue weighted by molar-refractivity contribution is 5.66. The molecule has 0 saturated heterocycles. The van der Waals surface area contributed by atoms with Gasteiger partial charge >= 0.3 is 0 Å². The summed E-state index contributed by atoms with van der Waals surface area (Å²) < 4.78 is 1.73. The molecule has 0 amide bonds. The first-order valence-electron chi connectivity index (χ1n) is 6.51. The molecule has 0 aliphatic carbocycles. The van der Waals surface area contributed by atoms with Gasteiger partial charge in [0.15, 0.2) is 5.82 Å². The van der Waals surface area contributed by atoms with E-state index in [-0.39, 0.29) is 5.75 Å². The lowest BCUT2D eigenvalue weighted by molar-refractivity contribution is 0.475. The molecule has 0 aliphatic rings. The van der Waals surface area contributed by atoms with Gasteiger partial charge in [-0.25, -0.2) is 9.97 Å². The zero-order valence-electron chi connectivity index (χ0n) is 11.8. The zero-order chi connectivity index (χ0) is 14.8. The fraction of sp³-hybridized carbons (Fsp3) is 0.133. The Kier molecular flexibility index (Phi) is 3.27. The monoisotopic (exact) mass is 281 g/mol. The molecule has 2 N–H and O–H groups in total. The maximum absolute atomic E-state index is 9.38. The molecule has 0 bridgehead atoms. The van der Waals surface area contributed by atoms with E-state index in [1.807, 2.05) is 26.4 Å². The van der Waals surface area contributed by atoms with Gasteiger partial charge in [-0.05, 0) is 24.3 Å². The first kappa shape index (κ1) is 13.1. The van der Waals surface area contributed by atoms with Crippen LogP contribution in [0.15, 0.2) is 42.7 Å². The summed E-state index contributed by atoms with van der Waals surface area (Å²) in [6.45, 7) is 0. The number of benzene rings is 1. The third-order valence-corrected chi connectivity index (χ3v) is 3.11. The topological polar surface area (TPSA) is 75.9 Å². The predicted octanol–water partition coefficient (Wildman–Crippen LogP) is 2.29. The van der Waals surface area contributed by atoms with Gasteiger partial charge in [0.05, 0.1) is 11.9 Å². The molecule has 1 aromatic carbocycles. The molecule has 0 saturated carbocycles. The smallest absolute Gasteiger partial charge is 0.162 e. The lowest BCUT2D eigenvalue weighted by atomic mass is 10.2. The van der Waals surface area contributed by atoms with Gasteiger partial charge in [-0.1, -0.05) is 0 Å². The average Bonchev–Trinajstić information content (AvgIpc) is 2.94. The lowest BCUT2D eigenvalue weighted by Crippen LogP contribution is -1.98. The van der Waals surface area contributed by atoms with Crippen molar-refractivity contribution in [1.82, 2.24) is 19.7 Å². The highest BCUT2D eigenvalue weighted by Crippen LogP contribution is 2.24. The van der Waals surface area contributed by atoms with Crippen LogP contribution < -0.4 is 5.32 Å². The number of nitrogens with one attached hydrogen (secondary N) is 1. The van der Waals surface area contributed by atoms with Crippen molar-refractivity contribution in [3.8, 4) is 28.4 Å². The molecule has 6 heteroatoms. The van der Waals surface area contributed by atoms with E-state index in [2.05, 4.69) is 20.4 Å². The third-order valence-electron chi connectivity index (χ3n) is 3.11. The van der Waals surface area contributed by atoms with E-state index in [9.17, 15) is 5.11 Å². The minimum atomic E-state index is 0.219. The fourth-order valence-corrected chi connectivity index (χ4v) is 2.02. The molecule has 0 atom stereocenters. The Labute approximate surface area is 122 Å². The molecule has 0 unspecified atom stereocenters. The standard InChI is InChI=1S/C15H15N5O/c1-16-14-7-13(11-8-17-20(2)9-11)18-15(19-14)10-3-5-12(21)6-4-10/h3-9,21H,1-2H3,(H,16,18,19). The highest BCUT2D eigenvalue weighted by atomic mass is 16.3. The van der Waals surface area contributed by atoms with Crippen molar-refractivity contribution in [3.63, 3.8) is 0 Å². The van der Waals surface area contributed by atoms with Crippen LogP contribution in [-0.4, -0.2) is 31.9 Å². The summed E-state index contributed by atoms with van der Waals surface area (Å²) in [6, 6.07) is 8.69. The summed E-state index contributed by atoms with van der Waals surface area (Å²) in [7, 11) is 3.68. The minimum Gasteiger partial charge on any atom is -0.508 e. The number of aromatic hydroxyl groups is 1. The number of hydrogen-bond acceptors (Lipinski definition) is 5. The van der Waals surface area contributed by atoms with E-state index in [0.29, 0.717) is 5.82 Å². The first-order chi connectivity index (χ1) is 10.2. The van der Waals surface area contributed by atoms with Gasteiger partial charge in [-0.3, -0.25) is 4.68 Å². The molecular formula is C15H15N5O. The van der Waals surface area contributed by atoms with Crippen LogP contribution in [0.4, 0.5) is 5.82 Å². The van der Waals surface area contributed by atoms with Crippen LogP contribution in [0.1, 0.15) is 0 Å².